The lowest BCUT2D eigenvalue weighted by Crippen LogP contribution is -2.57. The van der Waals surface area contributed by atoms with Gasteiger partial charge in [-0.2, -0.15) is 0 Å². The zero-order chi connectivity index (χ0) is 14.8. The average molecular weight is 293 g/mol. The molecule has 3 atom stereocenters. The molecule has 1 aliphatic heterocycles. The van der Waals surface area contributed by atoms with Crippen LogP contribution < -0.4 is 11.1 Å². The van der Waals surface area contributed by atoms with E-state index in [0.29, 0.717) is 25.8 Å². The maximum Gasteiger partial charge on any atom is 0.239 e. The predicted molar refractivity (Wildman–Crippen MR) is 77.6 cm³/mol. The van der Waals surface area contributed by atoms with Gasteiger partial charge in [-0.3, -0.25) is 9.69 Å². The van der Waals surface area contributed by atoms with Gasteiger partial charge in [0.25, 0.3) is 0 Å². The van der Waals surface area contributed by atoms with Crippen molar-refractivity contribution in [2.24, 2.45) is 5.73 Å². The number of nitrogens with one attached hydrogen (secondary N) is 1. The van der Waals surface area contributed by atoms with Gasteiger partial charge in [-0.15, -0.1) is 0 Å². The minimum absolute atomic E-state index is 0.0365. The van der Waals surface area contributed by atoms with Crippen molar-refractivity contribution in [3.63, 3.8) is 0 Å². The standard InChI is InChI=1S/C15H23N3O3/c1-10(16)14(13-3-2-7-21-13)18-6-8-20-9-12(18)15(19)17-11-4-5-11/h2-3,7,10-12,14H,4-6,8-9,16H2,1H3,(H,17,19). The Hall–Kier alpha value is -1.37. The zero-order valence-corrected chi connectivity index (χ0v) is 12.3. The Morgan fingerprint density at radius 3 is 2.95 bits per heavy atom. The lowest BCUT2D eigenvalue weighted by Gasteiger charge is -2.40. The number of amides is 1. The lowest BCUT2D eigenvalue weighted by atomic mass is 10.0. The van der Waals surface area contributed by atoms with Gasteiger partial charge in [0.2, 0.25) is 5.91 Å². The van der Waals surface area contributed by atoms with Gasteiger partial charge in [-0.1, -0.05) is 0 Å². The molecule has 0 radical (unpaired) electrons. The highest BCUT2D eigenvalue weighted by Crippen LogP contribution is 2.28. The summed E-state index contributed by atoms with van der Waals surface area (Å²) in [6.07, 6.45) is 3.80. The van der Waals surface area contributed by atoms with E-state index in [1.807, 2.05) is 19.1 Å². The molecule has 2 aliphatic rings. The summed E-state index contributed by atoms with van der Waals surface area (Å²) < 4.78 is 11.0. The van der Waals surface area contributed by atoms with Gasteiger partial charge in [0.05, 0.1) is 25.5 Å². The molecule has 2 heterocycles. The number of ether oxygens (including phenoxy) is 1. The van der Waals surface area contributed by atoms with Crippen molar-refractivity contribution in [1.29, 1.82) is 0 Å². The number of carbonyl (C=O) groups excluding carboxylic acids is 1. The quantitative estimate of drug-likeness (QED) is 0.833. The smallest absolute Gasteiger partial charge is 0.239 e. The van der Waals surface area contributed by atoms with Crippen LogP contribution in [0.25, 0.3) is 0 Å². The first-order valence-corrected chi connectivity index (χ1v) is 7.59. The van der Waals surface area contributed by atoms with Crippen molar-refractivity contribution in [1.82, 2.24) is 10.2 Å². The molecule has 21 heavy (non-hydrogen) atoms. The first kappa shape index (κ1) is 14.6. The van der Waals surface area contributed by atoms with E-state index in [1.165, 1.54) is 0 Å². The number of nitrogens with two attached hydrogens (primary N) is 1. The van der Waals surface area contributed by atoms with Crippen molar-refractivity contribution >= 4 is 5.91 Å². The summed E-state index contributed by atoms with van der Waals surface area (Å²) in [5, 5.41) is 3.06. The third-order valence-electron chi connectivity index (χ3n) is 4.09. The first-order valence-electron chi connectivity index (χ1n) is 7.59. The fourth-order valence-corrected chi connectivity index (χ4v) is 2.88. The fraction of sp³-hybridized carbons (Fsp3) is 0.667. The number of hydrogen-bond acceptors (Lipinski definition) is 5. The number of carbonyl (C=O) groups is 1. The molecule has 1 aliphatic carbocycles. The van der Waals surface area contributed by atoms with E-state index in [4.69, 9.17) is 14.9 Å². The third-order valence-corrected chi connectivity index (χ3v) is 4.09. The zero-order valence-electron chi connectivity index (χ0n) is 12.3. The summed E-state index contributed by atoms with van der Waals surface area (Å²) in [6.45, 7) is 3.63. The number of rotatable bonds is 5. The van der Waals surface area contributed by atoms with Crippen LogP contribution in [0.2, 0.25) is 0 Å². The number of morpholine rings is 1. The van der Waals surface area contributed by atoms with Crippen molar-refractivity contribution in [2.75, 3.05) is 19.8 Å². The Balaban J connectivity index is 1.79. The summed E-state index contributed by atoms with van der Waals surface area (Å²) in [5.41, 5.74) is 6.16. The summed E-state index contributed by atoms with van der Waals surface area (Å²) in [7, 11) is 0. The van der Waals surface area contributed by atoms with Crippen molar-refractivity contribution < 1.29 is 13.9 Å². The van der Waals surface area contributed by atoms with Crippen LogP contribution in [-0.4, -0.2) is 48.7 Å². The number of hydrogen-bond donors (Lipinski definition) is 2. The Morgan fingerprint density at radius 1 is 1.52 bits per heavy atom. The van der Waals surface area contributed by atoms with Gasteiger partial charge in [-0.05, 0) is 31.9 Å². The second-order valence-corrected chi connectivity index (χ2v) is 5.93. The van der Waals surface area contributed by atoms with Crippen LogP contribution >= 0.6 is 0 Å². The molecule has 6 nitrogen and oxygen atoms in total. The molecule has 3 N–H and O–H groups in total. The minimum atomic E-state index is -0.305. The molecule has 116 valence electrons. The molecule has 2 fully saturated rings. The molecule has 1 saturated heterocycles. The van der Waals surface area contributed by atoms with Gasteiger partial charge in [0, 0.05) is 18.6 Å². The molecule has 1 aromatic heterocycles. The molecule has 3 unspecified atom stereocenters. The van der Waals surface area contributed by atoms with E-state index in [0.717, 1.165) is 18.6 Å². The molecular formula is C15H23N3O3. The Kier molecular flexibility index (Phi) is 4.28. The van der Waals surface area contributed by atoms with E-state index in [9.17, 15) is 4.79 Å². The predicted octanol–water partition coefficient (Wildman–Crippen LogP) is 0.647. The monoisotopic (exact) mass is 293 g/mol. The SMILES string of the molecule is CC(N)C(c1ccco1)N1CCOCC1C(=O)NC1CC1. The van der Waals surface area contributed by atoms with Crippen molar-refractivity contribution in [3.8, 4) is 0 Å². The Bertz CT molecular complexity index is 471. The molecule has 0 spiro atoms. The van der Waals surface area contributed by atoms with Crippen LogP contribution in [0.4, 0.5) is 0 Å². The van der Waals surface area contributed by atoms with Crippen LogP contribution in [0, 0.1) is 0 Å². The molecule has 0 bridgehead atoms. The molecule has 1 aromatic rings. The fourth-order valence-electron chi connectivity index (χ4n) is 2.88. The van der Waals surface area contributed by atoms with Crippen LogP contribution in [-0.2, 0) is 9.53 Å². The van der Waals surface area contributed by atoms with Gasteiger partial charge in [-0.25, -0.2) is 0 Å². The maximum absolute atomic E-state index is 12.5. The van der Waals surface area contributed by atoms with Gasteiger partial charge in [0.1, 0.15) is 11.8 Å². The van der Waals surface area contributed by atoms with Gasteiger partial charge >= 0.3 is 0 Å². The Morgan fingerprint density at radius 2 is 2.33 bits per heavy atom. The van der Waals surface area contributed by atoms with E-state index >= 15 is 0 Å². The highest BCUT2D eigenvalue weighted by molar-refractivity contribution is 5.82. The third kappa shape index (κ3) is 3.28. The second-order valence-electron chi connectivity index (χ2n) is 5.93. The molecule has 3 rings (SSSR count). The molecule has 0 aromatic carbocycles. The highest BCUT2D eigenvalue weighted by atomic mass is 16.5. The molecule has 6 heteroatoms. The van der Waals surface area contributed by atoms with E-state index in [-0.39, 0.29) is 24.0 Å². The summed E-state index contributed by atoms with van der Waals surface area (Å²) >= 11 is 0. The maximum atomic E-state index is 12.5. The summed E-state index contributed by atoms with van der Waals surface area (Å²) in [5.74, 6) is 0.838. The van der Waals surface area contributed by atoms with Gasteiger partial charge < -0.3 is 20.2 Å². The molecule has 1 saturated carbocycles. The normalized spacial score (nSPS) is 26.3. The average Bonchev–Trinajstić information content (AvgIpc) is 3.12. The molecule has 1 amide bonds. The summed E-state index contributed by atoms with van der Waals surface area (Å²) in [4.78, 5) is 14.6. The van der Waals surface area contributed by atoms with Crippen LogP contribution in [0.5, 0.6) is 0 Å². The first-order chi connectivity index (χ1) is 10.2. The van der Waals surface area contributed by atoms with Crippen LogP contribution in [0.15, 0.2) is 22.8 Å². The minimum Gasteiger partial charge on any atom is -0.468 e. The Labute approximate surface area is 124 Å². The highest BCUT2D eigenvalue weighted by Gasteiger charge is 2.39. The summed E-state index contributed by atoms with van der Waals surface area (Å²) in [6, 6.07) is 3.56. The lowest BCUT2D eigenvalue weighted by molar-refractivity contribution is -0.135. The number of nitrogens with zero attached hydrogens (tertiary/aromatic N) is 1. The van der Waals surface area contributed by atoms with E-state index in [2.05, 4.69) is 10.2 Å². The number of furan rings is 1. The van der Waals surface area contributed by atoms with Crippen molar-refractivity contribution in [3.05, 3.63) is 24.2 Å². The molecular weight excluding hydrogens is 270 g/mol. The van der Waals surface area contributed by atoms with Crippen LogP contribution in [0.3, 0.4) is 0 Å². The largest absolute Gasteiger partial charge is 0.468 e. The van der Waals surface area contributed by atoms with E-state index in [1.54, 1.807) is 6.26 Å². The van der Waals surface area contributed by atoms with Gasteiger partial charge in [0.15, 0.2) is 0 Å². The second kappa shape index (κ2) is 6.17. The topological polar surface area (TPSA) is 80.7 Å². The van der Waals surface area contributed by atoms with Crippen molar-refractivity contribution in [2.45, 2.75) is 43.9 Å². The van der Waals surface area contributed by atoms with Crippen LogP contribution in [0.1, 0.15) is 31.6 Å². The van der Waals surface area contributed by atoms with E-state index < -0.39 is 0 Å².